The fraction of sp³-hybridized carbons (Fsp3) is 0.400. The van der Waals surface area contributed by atoms with Crippen LogP contribution < -0.4 is 5.32 Å². The van der Waals surface area contributed by atoms with Crippen molar-refractivity contribution < 1.29 is 9.90 Å². The van der Waals surface area contributed by atoms with Gasteiger partial charge in [0.2, 0.25) is 5.91 Å². The van der Waals surface area contributed by atoms with Gasteiger partial charge in [0, 0.05) is 17.1 Å². The predicted molar refractivity (Wildman–Crippen MR) is 81.7 cm³/mol. The van der Waals surface area contributed by atoms with Crippen molar-refractivity contribution in [2.75, 3.05) is 6.54 Å². The van der Waals surface area contributed by atoms with E-state index in [1.165, 1.54) is 6.08 Å². The predicted octanol–water partition coefficient (Wildman–Crippen LogP) is 3.13. The molecule has 0 spiro atoms. The Kier molecular flexibility index (Phi) is 6.25. The molecule has 19 heavy (non-hydrogen) atoms. The highest BCUT2D eigenvalue weighted by molar-refractivity contribution is 9.10. The molecule has 0 radical (unpaired) electrons. The van der Waals surface area contributed by atoms with E-state index >= 15 is 0 Å². The molecule has 1 unspecified atom stereocenters. The summed E-state index contributed by atoms with van der Waals surface area (Å²) in [6, 6.07) is 7.69. The summed E-state index contributed by atoms with van der Waals surface area (Å²) >= 11 is 3.38. The second kappa shape index (κ2) is 7.46. The van der Waals surface area contributed by atoms with E-state index in [9.17, 15) is 9.90 Å². The van der Waals surface area contributed by atoms with Crippen molar-refractivity contribution in [3.8, 4) is 0 Å². The van der Waals surface area contributed by atoms with Gasteiger partial charge in [0.1, 0.15) is 0 Å². The summed E-state index contributed by atoms with van der Waals surface area (Å²) < 4.78 is 0.973. The Hall–Kier alpha value is -1.13. The lowest BCUT2D eigenvalue weighted by atomic mass is 10.0. The van der Waals surface area contributed by atoms with Gasteiger partial charge >= 0.3 is 0 Å². The lowest BCUT2D eigenvalue weighted by Crippen LogP contribution is -2.39. The summed E-state index contributed by atoms with van der Waals surface area (Å²) in [7, 11) is 0. The SMILES string of the molecule is CCCC(C)(O)CNC(=O)/C=C/c1cccc(Br)c1. The summed E-state index contributed by atoms with van der Waals surface area (Å²) in [6.07, 6.45) is 4.78. The van der Waals surface area contributed by atoms with Crippen molar-refractivity contribution in [1.29, 1.82) is 0 Å². The summed E-state index contributed by atoms with van der Waals surface area (Å²) in [5.41, 5.74) is 0.110. The number of aliphatic hydroxyl groups is 1. The Morgan fingerprint density at radius 2 is 2.26 bits per heavy atom. The number of carbonyl (C=O) groups excluding carboxylic acids is 1. The molecule has 1 atom stereocenters. The number of benzene rings is 1. The van der Waals surface area contributed by atoms with E-state index in [4.69, 9.17) is 0 Å². The Bertz CT molecular complexity index is 455. The number of hydrogen-bond donors (Lipinski definition) is 2. The average Bonchev–Trinajstić information content (AvgIpc) is 2.34. The average molecular weight is 326 g/mol. The maximum absolute atomic E-state index is 11.6. The minimum Gasteiger partial charge on any atom is -0.388 e. The van der Waals surface area contributed by atoms with E-state index in [0.717, 1.165) is 16.5 Å². The molecule has 0 aliphatic heterocycles. The Morgan fingerprint density at radius 1 is 1.53 bits per heavy atom. The van der Waals surface area contributed by atoms with E-state index < -0.39 is 5.60 Å². The summed E-state index contributed by atoms with van der Waals surface area (Å²) in [4.78, 5) is 11.6. The molecule has 0 aliphatic rings. The summed E-state index contributed by atoms with van der Waals surface area (Å²) in [5, 5.41) is 12.6. The first-order valence-corrected chi connectivity index (χ1v) is 7.16. The monoisotopic (exact) mass is 325 g/mol. The lowest BCUT2D eigenvalue weighted by molar-refractivity contribution is -0.117. The minimum absolute atomic E-state index is 0.198. The molecule has 1 rings (SSSR count). The van der Waals surface area contributed by atoms with E-state index in [1.807, 2.05) is 31.2 Å². The zero-order valence-electron chi connectivity index (χ0n) is 11.3. The Labute approximate surface area is 122 Å². The van der Waals surface area contributed by atoms with Crippen molar-refractivity contribution in [2.45, 2.75) is 32.3 Å². The van der Waals surface area contributed by atoms with Crippen LogP contribution in [0.4, 0.5) is 0 Å². The first-order chi connectivity index (χ1) is 8.93. The quantitative estimate of drug-likeness (QED) is 0.789. The first kappa shape index (κ1) is 15.9. The normalized spacial score (nSPS) is 14.3. The molecular weight excluding hydrogens is 306 g/mol. The highest BCUT2D eigenvalue weighted by atomic mass is 79.9. The zero-order chi connectivity index (χ0) is 14.3. The molecule has 0 fully saturated rings. The smallest absolute Gasteiger partial charge is 0.244 e. The molecule has 104 valence electrons. The van der Waals surface area contributed by atoms with E-state index in [0.29, 0.717) is 6.42 Å². The van der Waals surface area contributed by atoms with Gasteiger partial charge in [-0.25, -0.2) is 0 Å². The molecule has 1 aromatic rings. The van der Waals surface area contributed by atoms with Gasteiger partial charge in [0.05, 0.1) is 5.60 Å². The Balaban J connectivity index is 2.47. The second-order valence-corrected chi connectivity index (χ2v) is 5.77. The third kappa shape index (κ3) is 6.55. The van der Waals surface area contributed by atoms with Crippen molar-refractivity contribution >= 4 is 27.9 Å². The van der Waals surface area contributed by atoms with Crippen LogP contribution in [-0.2, 0) is 4.79 Å². The molecule has 0 saturated heterocycles. The van der Waals surface area contributed by atoms with Crippen LogP contribution in [0.25, 0.3) is 6.08 Å². The third-order valence-electron chi connectivity index (χ3n) is 2.71. The number of hydrogen-bond acceptors (Lipinski definition) is 2. The van der Waals surface area contributed by atoms with Gasteiger partial charge in [0.15, 0.2) is 0 Å². The zero-order valence-corrected chi connectivity index (χ0v) is 12.9. The Morgan fingerprint density at radius 3 is 2.89 bits per heavy atom. The molecule has 0 aliphatic carbocycles. The molecule has 2 N–H and O–H groups in total. The fourth-order valence-corrected chi connectivity index (χ4v) is 2.16. The maximum atomic E-state index is 11.6. The van der Waals surface area contributed by atoms with Gasteiger partial charge in [-0.05, 0) is 37.1 Å². The van der Waals surface area contributed by atoms with Gasteiger partial charge in [-0.15, -0.1) is 0 Å². The summed E-state index contributed by atoms with van der Waals surface area (Å²) in [6.45, 7) is 4.00. The second-order valence-electron chi connectivity index (χ2n) is 4.85. The van der Waals surface area contributed by atoms with Crippen LogP contribution in [0.15, 0.2) is 34.8 Å². The first-order valence-electron chi connectivity index (χ1n) is 6.37. The van der Waals surface area contributed by atoms with Gasteiger partial charge in [0.25, 0.3) is 0 Å². The molecule has 3 nitrogen and oxygen atoms in total. The van der Waals surface area contributed by atoms with Crippen molar-refractivity contribution in [3.05, 3.63) is 40.4 Å². The van der Waals surface area contributed by atoms with Crippen LogP contribution in [-0.4, -0.2) is 23.2 Å². The van der Waals surface area contributed by atoms with Crippen LogP contribution in [0.3, 0.4) is 0 Å². The number of carbonyl (C=O) groups is 1. The van der Waals surface area contributed by atoms with Crippen molar-refractivity contribution in [3.63, 3.8) is 0 Å². The largest absolute Gasteiger partial charge is 0.388 e. The van der Waals surface area contributed by atoms with Crippen molar-refractivity contribution in [1.82, 2.24) is 5.32 Å². The molecule has 0 aromatic heterocycles. The van der Waals surface area contributed by atoms with Crippen LogP contribution in [0, 0.1) is 0 Å². The number of halogens is 1. The molecule has 4 heteroatoms. The fourth-order valence-electron chi connectivity index (χ4n) is 1.75. The molecule has 1 amide bonds. The highest BCUT2D eigenvalue weighted by Crippen LogP contribution is 2.13. The van der Waals surface area contributed by atoms with Crippen LogP contribution in [0.2, 0.25) is 0 Å². The topological polar surface area (TPSA) is 49.3 Å². The standard InChI is InChI=1S/C15H20BrNO2/c1-3-9-15(2,19)11-17-14(18)8-7-12-5-4-6-13(16)10-12/h4-8,10,19H,3,9,11H2,1-2H3,(H,17,18)/b8-7+. The molecule has 0 bridgehead atoms. The van der Waals surface area contributed by atoms with Gasteiger partial charge in [-0.3, -0.25) is 4.79 Å². The maximum Gasteiger partial charge on any atom is 0.244 e. The lowest BCUT2D eigenvalue weighted by Gasteiger charge is -2.22. The van der Waals surface area contributed by atoms with Crippen LogP contribution in [0.1, 0.15) is 32.3 Å². The molecular formula is C15H20BrNO2. The molecule has 1 aromatic carbocycles. The molecule has 0 heterocycles. The van der Waals surface area contributed by atoms with Gasteiger partial charge in [-0.1, -0.05) is 41.4 Å². The number of amides is 1. The highest BCUT2D eigenvalue weighted by Gasteiger charge is 2.18. The number of rotatable bonds is 6. The number of nitrogens with one attached hydrogen (secondary N) is 1. The third-order valence-corrected chi connectivity index (χ3v) is 3.20. The summed E-state index contributed by atoms with van der Waals surface area (Å²) in [5.74, 6) is -0.198. The van der Waals surface area contributed by atoms with E-state index in [2.05, 4.69) is 21.2 Å². The van der Waals surface area contributed by atoms with E-state index in [-0.39, 0.29) is 12.5 Å². The molecule has 0 saturated carbocycles. The van der Waals surface area contributed by atoms with Crippen molar-refractivity contribution in [2.24, 2.45) is 0 Å². The van der Waals surface area contributed by atoms with Crippen LogP contribution >= 0.6 is 15.9 Å². The minimum atomic E-state index is -0.839. The van der Waals surface area contributed by atoms with Gasteiger partial charge < -0.3 is 10.4 Å². The van der Waals surface area contributed by atoms with Gasteiger partial charge in [-0.2, -0.15) is 0 Å². The van der Waals surface area contributed by atoms with E-state index in [1.54, 1.807) is 13.0 Å². The van der Waals surface area contributed by atoms with Crippen LogP contribution in [0.5, 0.6) is 0 Å².